The number of rotatable bonds is 3. The Morgan fingerprint density at radius 2 is 2.15 bits per heavy atom. The van der Waals surface area contributed by atoms with Crippen molar-refractivity contribution in [3.63, 3.8) is 0 Å². The fourth-order valence-corrected chi connectivity index (χ4v) is 1.26. The third-order valence-corrected chi connectivity index (χ3v) is 2.31. The van der Waals surface area contributed by atoms with Crippen LogP contribution in [-0.2, 0) is 6.42 Å². The molecule has 0 saturated carbocycles. The van der Waals surface area contributed by atoms with Gasteiger partial charge in [0, 0.05) is 11.4 Å². The average Bonchev–Trinajstić information content (AvgIpc) is 2.08. The predicted molar refractivity (Wildman–Crippen MR) is 56.0 cm³/mol. The Balaban J connectivity index is 2.74. The van der Waals surface area contributed by atoms with E-state index in [1.165, 1.54) is 0 Å². The van der Waals surface area contributed by atoms with Gasteiger partial charge in [0.05, 0.1) is 6.10 Å². The van der Waals surface area contributed by atoms with Gasteiger partial charge in [0.2, 0.25) is 0 Å². The van der Waals surface area contributed by atoms with E-state index < -0.39 is 6.10 Å². The molecule has 1 aromatic rings. The third kappa shape index (κ3) is 2.87. The first-order chi connectivity index (χ1) is 6.11. The van der Waals surface area contributed by atoms with E-state index in [1.807, 2.05) is 31.2 Å². The summed E-state index contributed by atoms with van der Waals surface area (Å²) in [5.41, 5.74) is 1.72. The topological polar surface area (TPSA) is 20.2 Å². The van der Waals surface area contributed by atoms with Crippen molar-refractivity contribution in [2.75, 3.05) is 0 Å². The molecular weight excluding hydrogens is 184 g/mol. The van der Waals surface area contributed by atoms with Crippen molar-refractivity contribution in [1.82, 2.24) is 0 Å². The van der Waals surface area contributed by atoms with E-state index >= 15 is 0 Å². The van der Waals surface area contributed by atoms with Crippen LogP contribution in [0.3, 0.4) is 0 Å². The summed E-state index contributed by atoms with van der Waals surface area (Å²) in [5.74, 6) is 0. The summed E-state index contributed by atoms with van der Waals surface area (Å²) < 4.78 is 0. The molecule has 0 aliphatic carbocycles. The highest BCUT2D eigenvalue weighted by Crippen LogP contribution is 2.18. The van der Waals surface area contributed by atoms with E-state index in [2.05, 4.69) is 6.58 Å². The minimum Gasteiger partial charge on any atom is -0.388 e. The summed E-state index contributed by atoms with van der Waals surface area (Å²) in [6.45, 7) is 5.49. The highest BCUT2D eigenvalue weighted by atomic mass is 35.5. The Morgan fingerprint density at radius 3 is 2.69 bits per heavy atom. The van der Waals surface area contributed by atoms with E-state index in [0.717, 1.165) is 11.1 Å². The molecule has 13 heavy (non-hydrogen) atoms. The molecule has 0 heterocycles. The zero-order valence-electron chi connectivity index (χ0n) is 7.63. The minimum absolute atomic E-state index is 0.500. The van der Waals surface area contributed by atoms with E-state index in [4.69, 9.17) is 11.6 Å². The van der Waals surface area contributed by atoms with Crippen molar-refractivity contribution in [2.24, 2.45) is 0 Å². The normalized spacial score (nSPS) is 12.5. The quantitative estimate of drug-likeness (QED) is 0.738. The largest absolute Gasteiger partial charge is 0.388 e. The molecule has 1 unspecified atom stereocenters. The van der Waals surface area contributed by atoms with Crippen molar-refractivity contribution in [3.8, 4) is 0 Å². The van der Waals surface area contributed by atoms with Gasteiger partial charge in [0.15, 0.2) is 0 Å². The predicted octanol–water partition coefficient (Wildman–Crippen LogP) is 2.82. The van der Waals surface area contributed by atoms with Crippen LogP contribution in [0.2, 0.25) is 5.02 Å². The highest BCUT2D eigenvalue weighted by Gasteiger charge is 2.07. The van der Waals surface area contributed by atoms with Crippen molar-refractivity contribution >= 4 is 11.6 Å². The Bertz CT molecular complexity index is 307. The van der Waals surface area contributed by atoms with Crippen molar-refractivity contribution < 1.29 is 5.11 Å². The molecular formula is C11H13ClO. The van der Waals surface area contributed by atoms with Crippen LogP contribution in [0.4, 0.5) is 0 Å². The van der Waals surface area contributed by atoms with Crippen LogP contribution in [0.25, 0.3) is 0 Å². The Hall–Kier alpha value is -0.790. The fraction of sp³-hybridized carbons (Fsp3) is 0.273. The summed E-state index contributed by atoms with van der Waals surface area (Å²) in [7, 11) is 0. The van der Waals surface area contributed by atoms with E-state index in [-0.39, 0.29) is 0 Å². The number of aliphatic hydroxyl groups excluding tert-OH is 1. The molecule has 0 spiro atoms. The van der Waals surface area contributed by atoms with Crippen LogP contribution < -0.4 is 0 Å². The molecule has 0 fully saturated rings. The molecule has 0 aliphatic rings. The van der Waals surface area contributed by atoms with Gasteiger partial charge in [-0.1, -0.05) is 42.0 Å². The lowest BCUT2D eigenvalue weighted by atomic mass is 10.0. The molecule has 0 amide bonds. The first kappa shape index (κ1) is 10.3. The Labute approximate surface area is 83.7 Å². The number of hydrogen-bond donors (Lipinski definition) is 1. The smallest absolute Gasteiger partial charge is 0.0785 e. The van der Waals surface area contributed by atoms with Gasteiger partial charge in [-0.2, -0.15) is 0 Å². The minimum atomic E-state index is -0.500. The SMILES string of the molecule is C=C(C)C(O)Cc1ccccc1Cl. The van der Waals surface area contributed by atoms with Gasteiger partial charge in [-0.05, 0) is 18.6 Å². The maximum atomic E-state index is 9.55. The molecule has 0 saturated heterocycles. The standard InChI is InChI=1S/C11H13ClO/c1-8(2)11(13)7-9-5-3-4-6-10(9)12/h3-6,11,13H,1,7H2,2H3. The fourth-order valence-electron chi connectivity index (χ4n) is 1.05. The number of hydrogen-bond acceptors (Lipinski definition) is 1. The summed E-state index contributed by atoms with van der Waals surface area (Å²) in [6.07, 6.45) is 0.0366. The zero-order chi connectivity index (χ0) is 9.84. The van der Waals surface area contributed by atoms with Crippen LogP contribution in [0, 0.1) is 0 Å². The zero-order valence-corrected chi connectivity index (χ0v) is 8.38. The van der Waals surface area contributed by atoms with Gasteiger partial charge in [-0.15, -0.1) is 0 Å². The molecule has 1 atom stereocenters. The van der Waals surface area contributed by atoms with Gasteiger partial charge in [0.1, 0.15) is 0 Å². The molecule has 1 rings (SSSR count). The molecule has 0 aliphatic heterocycles. The molecule has 1 aromatic carbocycles. The first-order valence-corrected chi connectivity index (χ1v) is 4.56. The van der Waals surface area contributed by atoms with Crippen molar-refractivity contribution in [1.29, 1.82) is 0 Å². The number of benzene rings is 1. The van der Waals surface area contributed by atoms with Gasteiger partial charge < -0.3 is 5.11 Å². The van der Waals surface area contributed by atoms with Gasteiger partial charge in [-0.3, -0.25) is 0 Å². The molecule has 0 bridgehead atoms. The maximum absolute atomic E-state index is 9.55. The Kier molecular flexibility index (Phi) is 3.52. The van der Waals surface area contributed by atoms with Gasteiger partial charge in [-0.25, -0.2) is 0 Å². The second-order valence-electron chi connectivity index (χ2n) is 3.16. The van der Waals surface area contributed by atoms with Crippen molar-refractivity contribution in [3.05, 3.63) is 47.0 Å². The van der Waals surface area contributed by atoms with E-state index in [0.29, 0.717) is 11.4 Å². The van der Waals surface area contributed by atoms with Gasteiger partial charge in [0.25, 0.3) is 0 Å². The number of halogens is 1. The van der Waals surface area contributed by atoms with Crippen LogP contribution in [0.15, 0.2) is 36.4 Å². The van der Waals surface area contributed by atoms with Gasteiger partial charge >= 0.3 is 0 Å². The molecule has 2 heteroatoms. The first-order valence-electron chi connectivity index (χ1n) is 4.18. The summed E-state index contributed by atoms with van der Waals surface area (Å²) in [5, 5.41) is 10.2. The molecule has 0 aromatic heterocycles. The third-order valence-electron chi connectivity index (χ3n) is 1.94. The molecule has 70 valence electrons. The Morgan fingerprint density at radius 1 is 1.54 bits per heavy atom. The number of aliphatic hydroxyl groups is 1. The van der Waals surface area contributed by atoms with E-state index in [9.17, 15) is 5.11 Å². The summed E-state index contributed by atoms with van der Waals surface area (Å²) in [6, 6.07) is 7.52. The molecule has 1 nitrogen and oxygen atoms in total. The van der Waals surface area contributed by atoms with Crippen LogP contribution in [-0.4, -0.2) is 11.2 Å². The average molecular weight is 197 g/mol. The van der Waals surface area contributed by atoms with Crippen LogP contribution in [0.1, 0.15) is 12.5 Å². The lowest BCUT2D eigenvalue weighted by Gasteiger charge is -2.10. The maximum Gasteiger partial charge on any atom is 0.0785 e. The molecule has 1 N–H and O–H groups in total. The molecule has 0 radical (unpaired) electrons. The van der Waals surface area contributed by atoms with Crippen LogP contribution in [0.5, 0.6) is 0 Å². The second-order valence-corrected chi connectivity index (χ2v) is 3.56. The highest BCUT2D eigenvalue weighted by molar-refractivity contribution is 6.31. The summed E-state index contributed by atoms with van der Waals surface area (Å²) in [4.78, 5) is 0. The second kappa shape index (κ2) is 4.45. The van der Waals surface area contributed by atoms with Crippen molar-refractivity contribution in [2.45, 2.75) is 19.4 Å². The summed E-state index contributed by atoms with van der Waals surface area (Å²) >= 11 is 5.93. The van der Waals surface area contributed by atoms with E-state index in [1.54, 1.807) is 0 Å². The monoisotopic (exact) mass is 196 g/mol. The lowest BCUT2D eigenvalue weighted by molar-refractivity contribution is 0.212. The lowest BCUT2D eigenvalue weighted by Crippen LogP contribution is -2.11. The van der Waals surface area contributed by atoms with Crippen LogP contribution >= 0.6 is 11.6 Å².